The Hall–Kier alpha value is -10.8. The molecule has 13 rings (SSSR count). The molecule has 0 aliphatic rings. The van der Waals surface area contributed by atoms with Crippen LogP contribution in [0.2, 0.25) is 0 Å². The Morgan fingerprint density at radius 2 is 0.679 bits per heavy atom. The van der Waals surface area contributed by atoms with Gasteiger partial charge in [-0.2, -0.15) is 10.5 Å². The summed E-state index contributed by atoms with van der Waals surface area (Å²) in [6.45, 7) is 14.9. The SMILES string of the molecule is [C-]#[N+]/C(C#N)=C\c1ccc(-c2cc3c(s2)c2c(c4c5sc(-c6ccc(C=C(C#N)C#N)cc6)cc5n(-c5ccccc5)c4c4c5sc(-c6ccc(/C=C(\C#N)[N+]#[C-])cc6)cc5n(-c5ccccc5)c42)n3-c2ccccc2)cc1. The van der Waals surface area contributed by atoms with Crippen LogP contribution in [-0.2, 0) is 0 Å². The first kappa shape index (κ1) is 46.9. The summed E-state index contributed by atoms with van der Waals surface area (Å²) >= 11 is 5.26. The van der Waals surface area contributed by atoms with E-state index in [1.807, 2.05) is 78.9 Å². The minimum atomic E-state index is 0.0284. The van der Waals surface area contributed by atoms with Gasteiger partial charge in [-0.15, -0.1) is 34.0 Å². The van der Waals surface area contributed by atoms with Crippen molar-refractivity contribution in [2.45, 2.75) is 0 Å². The second-order valence-corrected chi connectivity index (χ2v) is 21.5. The Morgan fingerprint density at radius 3 is 0.949 bits per heavy atom. The predicted molar refractivity (Wildman–Crippen MR) is 319 cm³/mol. The number of benzene rings is 7. The average Bonchev–Trinajstić information content (AvgIpc) is 3.39. The normalized spacial score (nSPS) is 11.7. The fourth-order valence-electron chi connectivity index (χ4n) is 10.5. The average molecular weight is 1050 g/mol. The van der Waals surface area contributed by atoms with Crippen molar-refractivity contribution < 1.29 is 0 Å². The molecule has 6 aromatic heterocycles. The third-order valence-electron chi connectivity index (χ3n) is 13.9. The molecule has 0 amide bonds. The van der Waals surface area contributed by atoms with Crippen LogP contribution in [0.15, 0.2) is 199 Å². The van der Waals surface area contributed by atoms with Crippen molar-refractivity contribution in [2.75, 3.05) is 0 Å². The van der Waals surface area contributed by atoms with E-state index in [0.29, 0.717) is 0 Å². The van der Waals surface area contributed by atoms with Gasteiger partial charge in [0.1, 0.15) is 17.7 Å². The number of aromatic nitrogens is 3. The molecule has 0 aliphatic heterocycles. The Morgan fingerprint density at radius 1 is 0.385 bits per heavy atom. The number of hydrogen-bond donors (Lipinski definition) is 0. The van der Waals surface area contributed by atoms with E-state index < -0.39 is 0 Å². The van der Waals surface area contributed by atoms with Gasteiger partial charge in [-0.1, -0.05) is 127 Å². The van der Waals surface area contributed by atoms with Crippen LogP contribution in [0, 0.1) is 58.5 Å². The maximum Gasteiger partial charge on any atom is 0.262 e. The van der Waals surface area contributed by atoms with Crippen LogP contribution in [0.3, 0.4) is 0 Å². The highest BCUT2D eigenvalue weighted by Crippen LogP contribution is 2.55. The van der Waals surface area contributed by atoms with Crippen molar-refractivity contribution in [1.82, 2.24) is 13.7 Å². The summed E-state index contributed by atoms with van der Waals surface area (Å²) in [5.41, 5.74) is 14.9. The lowest BCUT2D eigenvalue weighted by Crippen LogP contribution is -1.98. The van der Waals surface area contributed by atoms with Crippen molar-refractivity contribution in [3.63, 3.8) is 0 Å². The molecule has 360 valence electrons. The second kappa shape index (κ2) is 19.2. The molecule has 0 spiro atoms. The molecule has 78 heavy (non-hydrogen) atoms. The molecule has 0 bridgehead atoms. The minimum Gasteiger partial charge on any atom is -0.308 e. The Kier molecular flexibility index (Phi) is 11.5. The van der Waals surface area contributed by atoms with Crippen molar-refractivity contribution >= 4 is 116 Å². The van der Waals surface area contributed by atoms with Crippen LogP contribution < -0.4 is 0 Å². The zero-order chi connectivity index (χ0) is 53.0. The van der Waals surface area contributed by atoms with E-state index in [1.165, 1.54) is 0 Å². The number of thiophene rings is 3. The molecule has 0 saturated carbocycles. The zero-order valence-corrected chi connectivity index (χ0v) is 43.3. The minimum absolute atomic E-state index is 0.0284. The van der Waals surface area contributed by atoms with Crippen LogP contribution in [0.25, 0.3) is 140 Å². The Bertz CT molecular complexity index is 4400. The monoisotopic (exact) mass is 1050 g/mol. The van der Waals surface area contributed by atoms with Gasteiger partial charge in [0.05, 0.1) is 72.5 Å². The molecule has 13 aromatic rings. The van der Waals surface area contributed by atoms with E-state index in [0.717, 1.165) is 128 Å². The van der Waals surface area contributed by atoms with Gasteiger partial charge >= 0.3 is 0 Å². The lowest BCUT2D eigenvalue weighted by atomic mass is 10.1. The van der Waals surface area contributed by atoms with Crippen molar-refractivity contribution in [3.8, 4) is 72.7 Å². The predicted octanol–water partition coefficient (Wildman–Crippen LogP) is 18.2. The maximum absolute atomic E-state index is 9.51. The summed E-state index contributed by atoms with van der Waals surface area (Å²) < 4.78 is 10.7. The molecule has 0 unspecified atom stereocenters. The van der Waals surface area contributed by atoms with Gasteiger partial charge in [-0.05, 0) is 106 Å². The van der Waals surface area contributed by atoms with Gasteiger partial charge in [0, 0.05) is 47.9 Å². The Balaban J connectivity index is 1.20. The van der Waals surface area contributed by atoms with Crippen molar-refractivity contribution in [3.05, 3.63) is 238 Å². The standard InChI is InChI=1S/C66H33N9S3/c1-71-47(38-69)31-41-20-26-45(27-21-41)56-34-53-66(78-56)60-62(74(53)50-14-8-4-9-15-50)58-61(73(49-12-6-3-7-13-49)52-33-55(76-64(52)58)44-24-18-40(19-25-44)30-43(36-67)37-68)59-63(60)75(51-16-10-5-11-17-51)54-35-57(77-65(54)59)46-28-22-42(23-29-46)32-48(39-70)72-2/h3-35H/b47-31-,48-32+. The molecule has 0 radical (unpaired) electrons. The van der Waals surface area contributed by atoms with Crippen molar-refractivity contribution in [2.24, 2.45) is 0 Å². The highest BCUT2D eigenvalue weighted by molar-refractivity contribution is 7.25. The van der Waals surface area contributed by atoms with E-state index in [9.17, 15) is 21.0 Å². The van der Waals surface area contributed by atoms with E-state index in [-0.39, 0.29) is 17.0 Å². The van der Waals surface area contributed by atoms with Crippen LogP contribution in [0.1, 0.15) is 16.7 Å². The topological polar surface area (TPSA) is 119 Å². The first-order valence-corrected chi connectivity index (χ1v) is 26.9. The zero-order valence-electron chi connectivity index (χ0n) is 40.8. The van der Waals surface area contributed by atoms with Gasteiger partial charge in [-0.3, -0.25) is 0 Å². The quantitative estimate of drug-likeness (QED) is 0.106. The molecule has 0 fully saturated rings. The summed E-state index contributed by atoms with van der Waals surface area (Å²) in [7, 11) is 0. The van der Waals surface area contributed by atoms with Gasteiger partial charge in [0.25, 0.3) is 11.4 Å². The number of fused-ring (bicyclic) bond motifs is 12. The molecular formula is C66H33N9S3. The maximum atomic E-state index is 9.51. The summed E-state index contributed by atoms with van der Waals surface area (Å²) in [4.78, 5) is 9.96. The number of para-hydroxylation sites is 3. The third-order valence-corrected chi connectivity index (χ3v) is 17.5. The lowest BCUT2D eigenvalue weighted by Gasteiger charge is -2.14. The van der Waals surface area contributed by atoms with E-state index in [1.54, 1.807) is 52.2 Å². The molecule has 0 aliphatic carbocycles. The molecule has 12 heteroatoms. The van der Waals surface area contributed by atoms with Gasteiger partial charge < -0.3 is 13.7 Å². The molecule has 0 atom stereocenters. The smallest absolute Gasteiger partial charge is 0.262 e. The van der Waals surface area contributed by atoms with Crippen LogP contribution in [0.5, 0.6) is 0 Å². The summed E-state index contributed by atoms with van der Waals surface area (Å²) in [6.07, 6.45) is 4.82. The molecule has 0 saturated heterocycles. The molecule has 9 nitrogen and oxygen atoms in total. The van der Waals surface area contributed by atoms with Gasteiger partial charge in [0.2, 0.25) is 0 Å². The largest absolute Gasteiger partial charge is 0.308 e. The number of rotatable bonds is 9. The fourth-order valence-corrected chi connectivity index (χ4v) is 14.1. The fraction of sp³-hybridized carbons (Fsp3) is 0. The molecule has 0 N–H and O–H groups in total. The van der Waals surface area contributed by atoms with Gasteiger partial charge in [-0.25, -0.2) is 20.2 Å². The van der Waals surface area contributed by atoms with Gasteiger partial charge in [0.15, 0.2) is 0 Å². The van der Waals surface area contributed by atoms with Crippen molar-refractivity contribution in [1.29, 1.82) is 21.0 Å². The number of allylic oxidation sites excluding steroid dienone is 3. The van der Waals surface area contributed by atoms with E-state index in [4.69, 9.17) is 13.1 Å². The first-order valence-electron chi connectivity index (χ1n) is 24.4. The first-order chi connectivity index (χ1) is 38.4. The third kappa shape index (κ3) is 7.67. The lowest BCUT2D eigenvalue weighted by molar-refractivity contribution is 1.17. The van der Waals surface area contributed by atoms with E-state index >= 15 is 0 Å². The highest BCUT2D eigenvalue weighted by atomic mass is 32.1. The summed E-state index contributed by atoms with van der Waals surface area (Å²) in [6, 6.07) is 70.6. The van der Waals surface area contributed by atoms with Crippen LogP contribution in [-0.4, -0.2) is 13.7 Å². The number of nitrogens with zero attached hydrogens (tertiary/aromatic N) is 9. The molecule has 6 heterocycles. The number of hydrogen-bond acceptors (Lipinski definition) is 7. The van der Waals surface area contributed by atoms with E-state index in [2.05, 4.69) is 151 Å². The summed E-state index contributed by atoms with van der Waals surface area (Å²) in [5.74, 6) is 0. The van der Waals surface area contributed by atoms with Crippen LogP contribution >= 0.6 is 34.0 Å². The second-order valence-electron chi connectivity index (χ2n) is 18.3. The summed E-state index contributed by atoms with van der Waals surface area (Å²) in [5, 5.41) is 41.4. The number of nitriles is 4. The molecular weight excluding hydrogens is 1010 g/mol. The Labute approximate surface area is 458 Å². The highest BCUT2D eigenvalue weighted by Gasteiger charge is 2.32. The molecule has 7 aromatic carbocycles. The van der Waals surface area contributed by atoms with Crippen LogP contribution in [0.4, 0.5) is 0 Å².